The van der Waals surface area contributed by atoms with E-state index in [4.69, 9.17) is 0 Å². The smallest absolute Gasteiger partial charge is 0.0706 e. The summed E-state index contributed by atoms with van der Waals surface area (Å²) in [5.41, 5.74) is 0. The quantitative estimate of drug-likeness (QED) is 0.504. The fourth-order valence-corrected chi connectivity index (χ4v) is 7.05. The molecule has 0 saturated carbocycles. The minimum atomic E-state index is 1.27. The molecule has 2 aliphatic rings. The van der Waals surface area contributed by atoms with Crippen molar-refractivity contribution in [2.45, 2.75) is 44.4 Å². The number of hydrogen-bond acceptors (Lipinski definition) is 4. The Hall–Kier alpha value is -0.420. The van der Waals surface area contributed by atoms with Crippen LogP contribution >= 0.6 is 47.0 Å². The molecule has 0 atom stereocenters. The Labute approximate surface area is 158 Å². The Morgan fingerprint density at radius 2 is 1.26 bits per heavy atom. The van der Waals surface area contributed by atoms with Gasteiger partial charge in [-0.05, 0) is 19.1 Å². The summed E-state index contributed by atoms with van der Waals surface area (Å²) in [5.74, 6) is 0. The molecular formula is C19H24S4. The SMILES string of the molecule is C=CC1=C(/C=C\C)SC(=C2Sc3ccccc3S2)S1.CC.CC. The summed E-state index contributed by atoms with van der Waals surface area (Å²) < 4.78 is 2.78. The van der Waals surface area contributed by atoms with E-state index in [9.17, 15) is 0 Å². The van der Waals surface area contributed by atoms with Crippen LogP contribution in [0.15, 0.2) is 77.1 Å². The molecular weight excluding hydrogens is 356 g/mol. The van der Waals surface area contributed by atoms with E-state index < -0.39 is 0 Å². The highest BCUT2D eigenvalue weighted by Gasteiger charge is 2.26. The molecule has 0 fully saturated rings. The fourth-order valence-electron chi connectivity index (χ4n) is 1.74. The molecule has 0 unspecified atom stereocenters. The number of hydrogen-bond donors (Lipinski definition) is 0. The van der Waals surface area contributed by atoms with Gasteiger partial charge in [-0.3, -0.25) is 0 Å². The summed E-state index contributed by atoms with van der Waals surface area (Å²) in [5, 5.41) is 0. The molecule has 0 nitrogen and oxygen atoms in total. The van der Waals surface area contributed by atoms with Crippen LogP contribution in [0.5, 0.6) is 0 Å². The van der Waals surface area contributed by atoms with E-state index in [2.05, 4.69) is 49.9 Å². The Morgan fingerprint density at radius 3 is 1.74 bits per heavy atom. The zero-order chi connectivity index (χ0) is 17.2. The third-order valence-corrected chi connectivity index (χ3v) is 8.24. The lowest BCUT2D eigenvalue weighted by Gasteiger charge is -1.99. The standard InChI is InChI=1S/C15H12S4.2C2H6/c1-3-7-11-10(4-2)16-14(17-11)15-18-12-8-5-6-9-13(12)19-15;2*1-2/h3-9H,2H2,1H3;2*1-2H3/b7-3-;;. The maximum atomic E-state index is 3.91. The maximum absolute atomic E-state index is 3.91. The number of allylic oxidation sites excluding steroid dienone is 3. The molecule has 0 spiro atoms. The lowest BCUT2D eigenvalue weighted by Crippen LogP contribution is -1.66. The number of benzene rings is 1. The summed E-state index contributed by atoms with van der Waals surface area (Å²) >= 11 is 7.46. The van der Waals surface area contributed by atoms with Gasteiger partial charge >= 0.3 is 0 Å². The van der Waals surface area contributed by atoms with Gasteiger partial charge in [-0.2, -0.15) is 0 Å². The summed E-state index contributed by atoms with van der Waals surface area (Å²) in [7, 11) is 0. The molecule has 4 heteroatoms. The summed E-state index contributed by atoms with van der Waals surface area (Å²) in [4.78, 5) is 5.32. The molecule has 2 aliphatic heterocycles. The molecule has 0 saturated heterocycles. The molecule has 1 aromatic rings. The number of fused-ring (bicyclic) bond motifs is 1. The van der Waals surface area contributed by atoms with Crippen molar-refractivity contribution in [1.29, 1.82) is 0 Å². The molecule has 0 amide bonds. The van der Waals surface area contributed by atoms with E-state index in [1.165, 1.54) is 28.1 Å². The fraction of sp³-hybridized carbons (Fsp3) is 0.263. The normalized spacial score (nSPS) is 15.9. The van der Waals surface area contributed by atoms with Crippen LogP contribution < -0.4 is 0 Å². The first-order valence-corrected chi connectivity index (χ1v) is 11.1. The van der Waals surface area contributed by atoms with Crippen LogP contribution in [0.2, 0.25) is 0 Å². The maximum Gasteiger partial charge on any atom is 0.0706 e. The van der Waals surface area contributed by atoms with Crippen molar-refractivity contribution in [2.24, 2.45) is 0 Å². The molecule has 3 rings (SSSR count). The van der Waals surface area contributed by atoms with Crippen LogP contribution in [0.25, 0.3) is 0 Å². The van der Waals surface area contributed by atoms with Crippen LogP contribution in [-0.2, 0) is 0 Å². The van der Waals surface area contributed by atoms with Crippen molar-refractivity contribution in [3.63, 3.8) is 0 Å². The van der Waals surface area contributed by atoms with Gasteiger partial charge in [0, 0.05) is 19.6 Å². The molecule has 0 N–H and O–H groups in total. The van der Waals surface area contributed by atoms with Crippen molar-refractivity contribution in [1.82, 2.24) is 0 Å². The lowest BCUT2D eigenvalue weighted by molar-refractivity contribution is 1.27. The van der Waals surface area contributed by atoms with Gasteiger partial charge < -0.3 is 0 Å². The minimum Gasteiger partial charge on any atom is -0.0979 e. The topological polar surface area (TPSA) is 0 Å². The monoisotopic (exact) mass is 380 g/mol. The van der Waals surface area contributed by atoms with Gasteiger partial charge in [-0.25, -0.2) is 0 Å². The molecule has 23 heavy (non-hydrogen) atoms. The Kier molecular flexibility index (Phi) is 10.0. The second-order valence-corrected chi connectivity index (χ2v) is 8.59. The van der Waals surface area contributed by atoms with Crippen molar-refractivity contribution < 1.29 is 0 Å². The Morgan fingerprint density at radius 1 is 0.783 bits per heavy atom. The van der Waals surface area contributed by atoms with Gasteiger partial charge in [0.05, 0.1) is 8.47 Å². The summed E-state index contributed by atoms with van der Waals surface area (Å²) in [6, 6.07) is 8.60. The number of rotatable bonds is 2. The van der Waals surface area contributed by atoms with Gasteiger partial charge in [0.2, 0.25) is 0 Å². The second-order valence-electron chi connectivity index (χ2n) is 3.86. The first kappa shape index (κ1) is 20.6. The minimum absolute atomic E-state index is 1.27. The van der Waals surface area contributed by atoms with Gasteiger partial charge in [0.15, 0.2) is 0 Å². The molecule has 0 bridgehead atoms. The zero-order valence-corrected chi connectivity index (χ0v) is 17.6. The van der Waals surface area contributed by atoms with Crippen molar-refractivity contribution in [3.05, 3.63) is 67.4 Å². The van der Waals surface area contributed by atoms with Crippen LogP contribution in [0.4, 0.5) is 0 Å². The van der Waals surface area contributed by atoms with Gasteiger partial charge in [0.25, 0.3) is 0 Å². The highest BCUT2D eigenvalue weighted by atomic mass is 32.2. The van der Waals surface area contributed by atoms with Gasteiger partial charge in [-0.1, -0.05) is 112 Å². The summed E-state index contributed by atoms with van der Waals surface area (Å²) in [6.45, 7) is 14.0. The van der Waals surface area contributed by atoms with Crippen molar-refractivity contribution in [2.75, 3.05) is 0 Å². The molecule has 0 radical (unpaired) electrons. The molecule has 2 heterocycles. The molecule has 124 valence electrons. The van der Waals surface area contributed by atoms with Crippen LogP contribution in [0.1, 0.15) is 34.6 Å². The largest absolute Gasteiger partial charge is 0.0979 e. The summed E-state index contributed by atoms with van der Waals surface area (Å²) in [6.07, 6.45) is 6.21. The molecule has 0 aliphatic carbocycles. The van der Waals surface area contributed by atoms with E-state index >= 15 is 0 Å². The zero-order valence-electron chi connectivity index (χ0n) is 14.4. The third-order valence-electron chi connectivity index (χ3n) is 2.57. The average Bonchev–Trinajstić information content (AvgIpc) is 3.22. The van der Waals surface area contributed by atoms with Crippen LogP contribution in [0.3, 0.4) is 0 Å². The van der Waals surface area contributed by atoms with Crippen molar-refractivity contribution >= 4 is 47.0 Å². The Bertz CT molecular complexity index is 597. The first-order chi connectivity index (χ1) is 11.3. The predicted octanol–water partition coefficient (Wildman–Crippen LogP) is 8.52. The number of thioether (sulfide) groups is 4. The average molecular weight is 381 g/mol. The first-order valence-electron chi connectivity index (χ1n) is 7.86. The van der Waals surface area contributed by atoms with Crippen LogP contribution in [0, 0.1) is 0 Å². The van der Waals surface area contributed by atoms with E-state index in [0.29, 0.717) is 0 Å². The lowest BCUT2D eigenvalue weighted by atomic mass is 10.4. The van der Waals surface area contributed by atoms with E-state index in [-0.39, 0.29) is 0 Å². The molecule has 0 aromatic heterocycles. The third kappa shape index (κ3) is 5.28. The van der Waals surface area contributed by atoms with E-state index in [0.717, 1.165) is 0 Å². The highest BCUT2D eigenvalue weighted by Crippen LogP contribution is 2.60. The highest BCUT2D eigenvalue weighted by molar-refractivity contribution is 8.32. The van der Waals surface area contributed by atoms with Gasteiger partial charge in [-0.15, -0.1) is 0 Å². The Balaban J connectivity index is 0.000000615. The predicted molar refractivity (Wildman–Crippen MR) is 115 cm³/mol. The van der Waals surface area contributed by atoms with E-state index in [1.54, 1.807) is 0 Å². The second kappa shape index (κ2) is 11.2. The molecule has 1 aromatic carbocycles. The van der Waals surface area contributed by atoms with Gasteiger partial charge in [0.1, 0.15) is 0 Å². The van der Waals surface area contributed by atoms with E-state index in [1.807, 2.05) is 80.8 Å². The van der Waals surface area contributed by atoms with Crippen molar-refractivity contribution in [3.8, 4) is 0 Å². The van der Waals surface area contributed by atoms with Crippen LogP contribution in [-0.4, -0.2) is 0 Å².